The lowest BCUT2D eigenvalue weighted by Gasteiger charge is -2.29. The van der Waals surface area contributed by atoms with Crippen LogP contribution in [0.1, 0.15) is 49.6 Å². The van der Waals surface area contributed by atoms with Gasteiger partial charge in [-0.2, -0.15) is 16.9 Å². The van der Waals surface area contributed by atoms with Crippen LogP contribution in [0.15, 0.2) is 4.99 Å². The van der Waals surface area contributed by atoms with Crippen LogP contribution in [0.5, 0.6) is 0 Å². The van der Waals surface area contributed by atoms with E-state index < -0.39 is 0 Å². The molecule has 0 aromatic carbocycles. The fraction of sp³-hybridized carbons (Fsp3) is 0.765. The van der Waals surface area contributed by atoms with Gasteiger partial charge in [-0.25, -0.2) is 4.99 Å². The van der Waals surface area contributed by atoms with Crippen LogP contribution in [0.25, 0.3) is 0 Å². The van der Waals surface area contributed by atoms with Gasteiger partial charge in [0.25, 0.3) is 0 Å². The van der Waals surface area contributed by atoms with E-state index in [1.807, 2.05) is 23.5 Å². The van der Waals surface area contributed by atoms with Gasteiger partial charge in [-0.15, -0.1) is 0 Å². The third kappa shape index (κ3) is 4.90. The van der Waals surface area contributed by atoms with Crippen LogP contribution in [0, 0.1) is 13.8 Å². The molecule has 1 aromatic heterocycles. The third-order valence-corrected chi connectivity index (χ3v) is 5.79. The number of nitrogens with one attached hydrogen (secondary N) is 2. The number of hydrogen-bond acceptors (Lipinski definition) is 3. The van der Waals surface area contributed by atoms with Gasteiger partial charge < -0.3 is 10.6 Å². The summed E-state index contributed by atoms with van der Waals surface area (Å²) in [7, 11) is 1.99. The van der Waals surface area contributed by atoms with Gasteiger partial charge in [-0.3, -0.25) is 4.68 Å². The molecule has 1 saturated carbocycles. The minimum absolute atomic E-state index is 0.537. The molecule has 2 atom stereocenters. The van der Waals surface area contributed by atoms with Crippen molar-refractivity contribution in [2.45, 2.75) is 64.3 Å². The number of nitrogens with zero attached hydrogens (tertiary/aromatic N) is 3. The molecule has 0 spiro atoms. The summed E-state index contributed by atoms with van der Waals surface area (Å²) in [4.78, 5) is 4.80. The molecule has 2 unspecified atom stereocenters. The van der Waals surface area contributed by atoms with Crippen molar-refractivity contribution >= 4 is 17.7 Å². The quantitative estimate of drug-likeness (QED) is 0.641. The Hall–Kier alpha value is -1.17. The number of rotatable bonds is 5. The predicted octanol–water partition coefficient (Wildman–Crippen LogP) is 2.77. The van der Waals surface area contributed by atoms with Gasteiger partial charge in [-0.05, 0) is 46.3 Å². The predicted molar refractivity (Wildman–Crippen MR) is 100 cm³/mol. The van der Waals surface area contributed by atoms with Crippen LogP contribution in [0.4, 0.5) is 0 Å². The zero-order chi connectivity index (χ0) is 16.8. The van der Waals surface area contributed by atoms with E-state index in [2.05, 4.69) is 42.8 Å². The van der Waals surface area contributed by atoms with E-state index in [4.69, 9.17) is 4.99 Å². The highest BCUT2D eigenvalue weighted by molar-refractivity contribution is 7.99. The van der Waals surface area contributed by atoms with Crippen molar-refractivity contribution in [3.63, 3.8) is 0 Å². The van der Waals surface area contributed by atoms with Crippen LogP contribution in [-0.4, -0.2) is 39.8 Å². The summed E-state index contributed by atoms with van der Waals surface area (Å²) in [5.41, 5.74) is 3.50. The number of aryl methyl sites for hydroxylation is 2. The molecule has 2 rings (SSSR count). The molecule has 1 fully saturated rings. The van der Waals surface area contributed by atoms with Crippen LogP contribution in [-0.2, 0) is 13.6 Å². The zero-order valence-corrected chi connectivity index (χ0v) is 16.0. The Kier molecular flexibility index (Phi) is 6.81. The van der Waals surface area contributed by atoms with Gasteiger partial charge >= 0.3 is 0 Å². The van der Waals surface area contributed by atoms with E-state index in [-0.39, 0.29) is 0 Å². The van der Waals surface area contributed by atoms with Crippen molar-refractivity contribution < 1.29 is 0 Å². The molecule has 0 saturated heterocycles. The SMILES string of the molecule is CCNC(=NCc1c(C)nn(C)c1C)NC1CCCC(SC)C1. The summed E-state index contributed by atoms with van der Waals surface area (Å²) >= 11 is 2.00. The second kappa shape index (κ2) is 8.62. The third-order valence-electron chi connectivity index (χ3n) is 4.70. The number of aliphatic imine (C=N–C) groups is 1. The van der Waals surface area contributed by atoms with Crippen LogP contribution in [0.3, 0.4) is 0 Å². The molecule has 1 aliphatic rings. The lowest BCUT2D eigenvalue weighted by molar-refractivity contribution is 0.419. The van der Waals surface area contributed by atoms with Gasteiger partial charge in [0.05, 0.1) is 12.2 Å². The molecule has 6 heteroatoms. The number of thioether (sulfide) groups is 1. The van der Waals surface area contributed by atoms with E-state index in [1.165, 1.54) is 36.9 Å². The average molecular weight is 338 g/mol. The van der Waals surface area contributed by atoms with Gasteiger partial charge in [0, 0.05) is 36.1 Å². The average Bonchev–Trinajstić information content (AvgIpc) is 2.78. The number of guanidine groups is 1. The van der Waals surface area contributed by atoms with Crippen LogP contribution < -0.4 is 10.6 Å². The molecule has 1 heterocycles. The van der Waals surface area contributed by atoms with Crippen LogP contribution >= 0.6 is 11.8 Å². The van der Waals surface area contributed by atoms with E-state index in [9.17, 15) is 0 Å². The highest BCUT2D eigenvalue weighted by atomic mass is 32.2. The zero-order valence-electron chi connectivity index (χ0n) is 15.1. The van der Waals surface area contributed by atoms with E-state index >= 15 is 0 Å². The van der Waals surface area contributed by atoms with Crippen molar-refractivity contribution in [2.24, 2.45) is 12.0 Å². The Balaban J connectivity index is 2.02. The molecule has 0 aliphatic heterocycles. The molecule has 0 bridgehead atoms. The maximum Gasteiger partial charge on any atom is 0.191 e. The lowest BCUT2D eigenvalue weighted by atomic mass is 9.95. The van der Waals surface area contributed by atoms with Gasteiger partial charge in [-0.1, -0.05) is 6.42 Å². The standard InChI is InChI=1S/C17H31N5S/c1-6-18-17(20-14-8-7-9-15(10-14)23-5)19-11-16-12(2)21-22(4)13(16)3/h14-15H,6-11H2,1-5H3,(H2,18,19,20). The minimum atomic E-state index is 0.537. The Morgan fingerprint density at radius 2 is 2.17 bits per heavy atom. The Labute approximate surface area is 144 Å². The fourth-order valence-electron chi connectivity index (χ4n) is 3.21. The van der Waals surface area contributed by atoms with Gasteiger partial charge in [0.1, 0.15) is 0 Å². The van der Waals surface area contributed by atoms with Gasteiger partial charge in [0.15, 0.2) is 5.96 Å². The summed E-state index contributed by atoms with van der Waals surface area (Å²) in [6.07, 6.45) is 7.35. The molecule has 130 valence electrons. The highest BCUT2D eigenvalue weighted by Crippen LogP contribution is 2.26. The molecule has 1 aliphatic carbocycles. The Bertz CT molecular complexity index is 537. The van der Waals surface area contributed by atoms with Crippen molar-refractivity contribution in [2.75, 3.05) is 12.8 Å². The lowest BCUT2D eigenvalue weighted by Crippen LogP contribution is -2.45. The topological polar surface area (TPSA) is 54.2 Å². The van der Waals surface area contributed by atoms with Crippen molar-refractivity contribution in [1.82, 2.24) is 20.4 Å². The van der Waals surface area contributed by atoms with Crippen molar-refractivity contribution in [3.8, 4) is 0 Å². The molecule has 1 aromatic rings. The van der Waals surface area contributed by atoms with E-state index in [0.717, 1.165) is 23.4 Å². The molecular weight excluding hydrogens is 306 g/mol. The van der Waals surface area contributed by atoms with Crippen LogP contribution in [0.2, 0.25) is 0 Å². The van der Waals surface area contributed by atoms with Crippen molar-refractivity contribution in [3.05, 3.63) is 17.0 Å². The second-order valence-electron chi connectivity index (χ2n) is 6.33. The summed E-state index contributed by atoms with van der Waals surface area (Å²) in [5.74, 6) is 0.932. The fourth-order valence-corrected chi connectivity index (χ4v) is 4.04. The number of aromatic nitrogens is 2. The van der Waals surface area contributed by atoms with E-state index in [0.29, 0.717) is 12.6 Å². The summed E-state index contributed by atoms with van der Waals surface area (Å²) in [6, 6.07) is 0.537. The molecule has 0 amide bonds. The smallest absolute Gasteiger partial charge is 0.191 e. The first-order valence-electron chi connectivity index (χ1n) is 8.61. The first kappa shape index (κ1) is 18.2. The summed E-state index contributed by atoms with van der Waals surface area (Å²) in [5, 5.41) is 12.3. The first-order chi connectivity index (χ1) is 11.0. The Morgan fingerprint density at radius 1 is 1.39 bits per heavy atom. The second-order valence-corrected chi connectivity index (χ2v) is 7.47. The molecule has 5 nitrogen and oxygen atoms in total. The molecule has 0 radical (unpaired) electrons. The maximum absolute atomic E-state index is 4.80. The largest absolute Gasteiger partial charge is 0.357 e. The maximum atomic E-state index is 4.80. The summed E-state index contributed by atoms with van der Waals surface area (Å²) < 4.78 is 1.94. The Morgan fingerprint density at radius 3 is 2.78 bits per heavy atom. The molecule has 2 N–H and O–H groups in total. The molecular formula is C17H31N5S. The molecule has 23 heavy (non-hydrogen) atoms. The highest BCUT2D eigenvalue weighted by Gasteiger charge is 2.22. The first-order valence-corrected chi connectivity index (χ1v) is 9.90. The number of hydrogen-bond donors (Lipinski definition) is 2. The summed E-state index contributed by atoms with van der Waals surface area (Å²) in [6.45, 7) is 7.84. The minimum Gasteiger partial charge on any atom is -0.357 e. The monoisotopic (exact) mass is 337 g/mol. The van der Waals surface area contributed by atoms with Gasteiger partial charge in [0.2, 0.25) is 0 Å². The normalized spacial score (nSPS) is 22.2. The van der Waals surface area contributed by atoms with E-state index in [1.54, 1.807) is 0 Å². The van der Waals surface area contributed by atoms with Crippen molar-refractivity contribution in [1.29, 1.82) is 0 Å².